The molecule has 3 aromatic rings. The van der Waals surface area contributed by atoms with Gasteiger partial charge in [-0.25, -0.2) is 8.78 Å². The zero-order chi connectivity index (χ0) is 16.0. The summed E-state index contributed by atoms with van der Waals surface area (Å²) in [5.74, 6) is 0.0821. The predicted molar refractivity (Wildman–Crippen MR) is 81.5 cm³/mol. The van der Waals surface area contributed by atoms with Crippen molar-refractivity contribution in [3.63, 3.8) is 0 Å². The van der Waals surface area contributed by atoms with Crippen LogP contribution in [0.5, 0.6) is 5.75 Å². The van der Waals surface area contributed by atoms with Gasteiger partial charge >= 0.3 is 0 Å². The zero-order valence-electron chi connectivity index (χ0n) is 12.1. The molecular weight excluding hydrogens is 302 g/mol. The van der Waals surface area contributed by atoms with Crippen LogP contribution in [0.4, 0.5) is 8.78 Å². The summed E-state index contributed by atoms with van der Waals surface area (Å²) in [4.78, 5) is 0. The van der Waals surface area contributed by atoms with E-state index in [4.69, 9.17) is 0 Å². The molecule has 0 radical (unpaired) electrons. The summed E-state index contributed by atoms with van der Waals surface area (Å²) in [6.07, 6.45) is -1.14. The van der Waals surface area contributed by atoms with Gasteiger partial charge in [0.2, 0.25) is 0 Å². The number of hydrogen-bond acceptors (Lipinski definition) is 4. The van der Waals surface area contributed by atoms with Gasteiger partial charge in [-0.05, 0) is 18.2 Å². The van der Waals surface area contributed by atoms with Crippen molar-refractivity contribution in [3.05, 3.63) is 42.1 Å². The molecule has 0 aliphatic carbocycles. The third-order valence-electron chi connectivity index (χ3n) is 4.17. The van der Waals surface area contributed by atoms with E-state index in [0.717, 1.165) is 13.1 Å². The number of halogens is 2. The zero-order valence-corrected chi connectivity index (χ0v) is 12.1. The molecule has 1 fully saturated rings. The number of hydrogen-bond donors (Lipinski definition) is 2. The summed E-state index contributed by atoms with van der Waals surface area (Å²) in [5, 5.41) is 21.1. The van der Waals surface area contributed by atoms with E-state index in [2.05, 4.69) is 15.5 Å². The smallest absolute Gasteiger partial charge is 0.267 e. The number of aromatic hydroxyl groups is 1. The van der Waals surface area contributed by atoms with E-state index >= 15 is 0 Å². The van der Waals surface area contributed by atoms with Gasteiger partial charge in [0.25, 0.3) is 6.43 Å². The largest absolute Gasteiger partial charge is 0.507 e. The fourth-order valence-corrected chi connectivity index (χ4v) is 2.82. The van der Waals surface area contributed by atoms with Crippen LogP contribution in [0.15, 0.2) is 36.5 Å². The van der Waals surface area contributed by atoms with E-state index in [9.17, 15) is 13.9 Å². The summed E-state index contributed by atoms with van der Waals surface area (Å²) in [6, 6.07) is 8.61. The molecule has 0 spiro atoms. The Kier molecular flexibility index (Phi) is 3.23. The van der Waals surface area contributed by atoms with Crippen LogP contribution in [0.1, 0.15) is 18.0 Å². The number of phenols is 1. The third kappa shape index (κ3) is 2.24. The van der Waals surface area contributed by atoms with Gasteiger partial charge in [-0.2, -0.15) is 0 Å². The second-order valence-electron chi connectivity index (χ2n) is 5.59. The van der Waals surface area contributed by atoms with Crippen LogP contribution >= 0.6 is 0 Å². The maximum absolute atomic E-state index is 13.2. The monoisotopic (exact) mass is 316 g/mol. The van der Waals surface area contributed by atoms with Gasteiger partial charge in [0.15, 0.2) is 0 Å². The summed E-state index contributed by atoms with van der Waals surface area (Å²) >= 11 is 0. The lowest BCUT2D eigenvalue weighted by atomic mass is 10.1. The molecule has 7 heteroatoms. The highest BCUT2D eigenvalue weighted by atomic mass is 19.3. The van der Waals surface area contributed by atoms with Crippen LogP contribution in [0.25, 0.3) is 22.3 Å². The molecule has 1 aliphatic rings. The Morgan fingerprint density at radius 1 is 1.22 bits per heavy atom. The molecular formula is C16H14F2N4O. The summed E-state index contributed by atoms with van der Waals surface area (Å²) in [5.41, 5.74) is 1.71. The number of rotatable bonds is 3. The molecule has 2 N–H and O–H groups in total. The third-order valence-corrected chi connectivity index (χ3v) is 4.17. The first-order valence-electron chi connectivity index (χ1n) is 7.30. The van der Waals surface area contributed by atoms with Gasteiger partial charge in [0.1, 0.15) is 11.3 Å². The molecule has 1 aromatic carbocycles. The molecule has 0 bridgehead atoms. The lowest BCUT2D eigenvalue weighted by molar-refractivity contribution is 0.152. The quantitative estimate of drug-likeness (QED) is 0.780. The van der Waals surface area contributed by atoms with Crippen LogP contribution in [0.2, 0.25) is 0 Å². The minimum atomic E-state index is -2.60. The number of fused-ring (bicyclic) bond motifs is 1. The first-order valence-corrected chi connectivity index (χ1v) is 7.30. The highest BCUT2D eigenvalue weighted by Crippen LogP contribution is 2.34. The normalized spacial score (nSPS) is 15.3. The van der Waals surface area contributed by atoms with Crippen molar-refractivity contribution in [1.82, 2.24) is 20.1 Å². The second kappa shape index (κ2) is 5.27. The Morgan fingerprint density at radius 3 is 2.65 bits per heavy atom. The first kappa shape index (κ1) is 14.1. The predicted octanol–water partition coefficient (Wildman–Crippen LogP) is 2.89. The van der Waals surface area contributed by atoms with Crippen LogP contribution in [0.3, 0.4) is 0 Å². The molecule has 0 atom stereocenters. The SMILES string of the molecule is Oc1ccccc1-c1cc2c(nn1)c(C(F)F)cn2C1CNC1. The van der Waals surface area contributed by atoms with Crippen molar-refractivity contribution in [2.75, 3.05) is 13.1 Å². The number of para-hydroxylation sites is 1. The minimum Gasteiger partial charge on any atom is -0.507 e. The van der Waals surface area contributed by atoms with Crippen molar-refractivity contribution in [2.45, 2.75) is 12.5 Å². The topological polar surface area (TPSA) is 63.0 Å². The lowest BCUT2D eigenvalue weighted by Crippen LogP contribution is -2.43. The molecule has 1 aliphatic heterocycles. The molecule has 5 nitrogen and oxygen atoms in total. The van der Waals surface area contributed by atoms with Crippen molar-refractivity contribution in [3.8, 4) is 17.0 Å². The highest BCUT2D eigenvalue weighted by molar-refractivity contribution is 5.84. The average molecular weight is 316 g/mol. The average Bonchev–Trinajstić information content (AvgIpc) is 2.85. The van der Waals surface area contributed by atoms with Gasteiger partial charge in [0, 0.05) is 24.8 Å². The first-order chi connectivity index (χ1) is 11.1. The maximum atomic E-state index is 13.2. The van der Waals surface area contributed by atoms with E-state index in [1.165, 1.54) is 6.20 Å². The molecule has 1 saturated heterocycles. The van der Waals surface area contributed by atoms with Gasteiger partial charge in [-0.1, -0.05) is 12.1 Å². The Bertz CT molecular complexity index is 874. The van der Waals surface area contributed by atoms with Gasteiger partial charge < -0.3 is 15.0 Å². The van der Waals surface area contributed by atoms with E-state index in [-0.39, 0.29) is 22.9 Å². The number of alkyl halides is 2. The standard InChI is InChI=1S/C16H14F2N4O/c17-16(18)11-8-22(9-6-19-7-9)13-5-12(20-21-15(11)13)10-3-1-2-4-14(10)23/h1-5,8-9,16,19,23H,6-7H2. The molecule has 0 saturated carbocycles. The fraction of sp³-hybridized carbons (Fsp3) is 0.250. The fourth-order valence-electron chi connectivity index (χ4n) is 2.82. The number of phenolic OH excluding ortho intramolecular Hbond substituents is 1. The van der Waals surface area contributed by atoms with Crippen LogP contribution < -0.4 is 5.32 Å². The van der Waals surface area contributed by atoms with Gasteiger partial charge in [0.05, 0.1) is 22.8 Å². The van der Waals surface area contributed by atoms with Crippen molar-refractivity contribution in [2.24, 2.45) is 0 Å². The molecule has 23 heavy (non-hydrogen) atoms. The van der Waals surface area contributed by atoms with Crippen LogP contribution in [-0.4, -0.2) is 33.0 Å². The summed E-state index contributed by atoms with van der Waals surface area (Å²) < 4.78 is 28.3. The van der Waals surface area contributed by atoms with E-state index in [1.807, 2.05) is 4.57 Å². The molecule has 2 aromatic heterocycles. The number of aromatic nitrogens is 3. The van der Waals surface area contributed by atoms with E-state index in [0.29, 0.717) is 16.8 Å². The second-order valence-corrected chi connectivity index (χ2v) is 5.59. The number of benzene rings is 1. The molecule has 118 valence electrons. The van der Waals surface area contributed by atoms with Crippen molar-refractivity contribution < 1.29 is 13.9 Å². The molecule has 3 heterocycles. The Labute approximate surface area is 130 Å². The van der Waals surface area contributed by atoms with Crippen LogP contribution in [0, 0.1) is 0 Å². The minimum absolute atomic E-state index is 0.0821. The Morgan fingerprint density at radius 2 is 2.00 bits per heavy atom. The maximum Gasteiger partial charge on any atom is 0.267 e. The van der Waals surface area contributed by atoms with Crippen molar-refractivity contribution in [1.29, 1.82) is 0 Å². The Balaban J connectivity index is 1.92. The lowest BCUT2D eigenvalue weighted by Gasteiger charge is -2.29. The van der Waals surface area contributed by atoms with Gasteiger partial charge in [-0.15, -0.1) is 10.2 Å². The summed E-state index contributed by atoms with van der Waals surface area (Å²) in [7, 11) is 0. The highest BCUT2D eigenvalue weighted by Gasteiger charge is 2.26. The van der Waals surface area contributed by atoms with E-state index < -0.39 is 6.43 Å². The molecule has 0 amide bonds. The van der Waals surface area contributed by atoms with E-state index in [1.54, 1.807) is 30.3 Å². The van der Waals surface area contributed by atoms with Crippen LogP contribution in [-0.2, 0) is 0 Å². The Hall–Kier alpha value is -2.54. The summed E-state index contributed by atoms with van der Waals surface area (Å²) in [6.45, 7) is 1.47. The number of nitrogens with zero attached hydrogens (tertiary/aromatic N) is 3. The molecule has 0 unspecified atom stereocenters. The van der Waals surface area contributed by atoms with Gasteiger partial charge in [-0.3, -0.25) is 0 Å². The molecule has 4 rings (SSSR count). The van der Waals surface area contributed by atoms with Crippen molar-refractivity contribution >= 4 is 11.0 Å². The number of nitrogens with one attached hydrogen (secondary N) is 1.